The second-order valence-corrected chi connectivity index (χ2v) is 7.30. The minimum absolute atomic E-state index is 0.0540. The van der Waals surface area contributed by atoms with Crippen LogP contribution >= 0.6 is 0 Å². The molecule has 0 aromatic rings. The van der Waals surface area contributed by atoms with Gasteiger partial charge in [-0.2, -0.15) is 0 Å². The van der Waals surface area contributed by atoms with Crippen molar-refractivity contribution >= 4 is 0 Å². The molecule has 0 aromatic heterocycles. The number of hydrogen-bond donors (Lipinski definition) is 2. The Kier molecular flexibility index (Phi) is 6.96. The van der Waals surface area contributed by atoms with Crippen molar-refractivity contribution in [3.8, 4) is 0 Å². The van der Waals surface area contributed by atoms with Crippen LogP contribution in [0.4, 0.5) is 0 Å². The standard InChI is InChI=1S/C17H36N2O/c1-6-14(7-2)13-15(19-18)17(20-8-3)11-9-16(4,5)10-12-17/h14-15,19H,6-13,18H2,1-5H3. The van der Waals surface area contributed by atoms with E-state index < -0.39 is 0 Å². The van der Waals surface area contributed by atoms with Gasteiger partial charge in [-0.25, -0.2) is 0 Å². The maximum Gasteiger partial charge on any atom is 0.0848 e. The van der Waals surface area contributed by atoms with Gasteiger partial charge in [0.25, 0.3) is 0 Å². The summed E-state index contributed by atoms with van der Waals surface area (Å²) in [7, 11) is 0. The molecule has 1 aliphatic rings. The number of nitrogens with one attached hydrogen (secondary N) is 1. The Morgan fingerprint density at radius 3 is 2.00 bits per heavy atom. The minimum atomic E-state index is -0.0540. The van der Waals surface area contributed by atoms with Crippen LogP contribution in [-0.2, 0) is 4.74 Å². The van der Waals surface area contributed by atoms with Gasteiger partial charge in [0.1, 0.15) is 0 Å². The van der Waals surface area contributed by atoms with Crippen molar-refractivity contribution in [1.29, 1.82) is 0 Å². The molecular weight excluding hydrogens is 248 g/mol. The monoisotopic (exact) mass is 284 g/mol. The second-order valence-electron chi connectivity index (χ2n) is 7.30. The highest BCUT2D eigenvalue weighted by Gasteiger charge is 2.44. The van der Waals surface area contributed by atoms with Gasteiger partial charge >= 0.3 is 0 Å². The van der Waals surface area contributed by atoms with Gasteiger partial charge in [0, 0.05) is 6.61 Å². The summed E-state index contributed by atoms with van der Waals surface area (Å²) in [4.78, 5) is 0. The summed E-state index contributed by atoms with van der Waals surface area (Å²) in [5.41, 5.74) is 3.50. The van der Waals surface area contributed by atoms with Crippen LogP contribution in [0.5, 0.6) is 0 Å². The SMILES string of the molecule is CCOC1(C(CC(CC)CC)NN)CCC(C)(C)CC1. The van der Waals surface area contributed by atoms with Crippen LogP contribution in [0, 0.1) is 11.3 Å². The Labute approximate surface area is 126 Å². The predicted molar refractivity (Wildman–Crippen MR) is 86.4 cm³/mol. The molecule has 20 heavy (non-hydrogen) atoms. The first kappa shape index (κ1) is 17.9. The summed E-state index contributed by atoms with van der Waals surface area (Å²) < 4.78 is 6.26. The highest BCUT2D eigenvalue weighted by atomic mass is 16.5. The van der Waals surface area contributed by atoms with E-state index in [1.54, 1.807) is 0 Å². The third-order valence-corrected chi connectivity index (χ3v) is 5.44. The average Bonchev–Trinajstić information content (AvgIpc) is 2.43. The number of rotatable bonds is 8. The van der Waals surface area contributed by atoms with Crippen LogP contribution in [0.25, 0.3) is 0 Å². The molecule has 0 heterocycles. The van der Waals surface area contributed by atoms with Gasteiger partial charge in [-0.1, -0.05) is 40.5 Å². The molecule has 1 saturated carbocycles. The molecule has 0 amide bonds. The number of hydrazine groups is 1. The van der Waals surface area contributed by atoms with E-state index in [2.05, 4.69) is 40.0 Å². The normalized spacial score (nSPS) is 22.9. The fourth-order valence-electron chi connectivity index (χ4n) is 3.62. The molecule has 3 N–H and O–H groups in total. The summed E-state index contributed by atoms with van der Waals surface area (Å²) in [6.07, 6.45) is 8.29. The van der Waals surface area contributed by atoms with Crippen molar-refractivity contribution in [3.05, 3.63) is 0 Å². The Balaban J connectivity index is 2.81. The van der Waals surface area contributed by atoms with Crippen molar-refractivity contribution in [2.24, 2.45) is 17.2 Å². The third kappa shape index (κ3) is 4.44. The zero-order valence-electron chi connectivity index (χ0n) is 14.3. The van der Waals surface area contributed by atoms with E-state index in [0.29, 0.717) is 5.41 Å². The van der Waals surface area contributed by atoms with Crippen molar-refractivity contribution < 1.29 is 4.74 Å². The molecule has 1 unspecified atom stereocenters. The average molecular weight is 284 g/mol. The van der Waals surface area contributed by atoms with Crippen LogP contribution in [0.3, 0.4) is 0 Å². The van der Waals surface area contributed by atoms with Gasteiger partial charge < -0.3 is 4.74 Å². The number of hydrogen-bond acceptors (Lipinski definition) is 3. The van der Waals surface area contributed by atoms with Gasteiger partial charge in [-0.15, -0.1) is 0 Å². The van der Waals surface area contributed by atoms with Crippen molar-refractivity contribution in [3.63, 3.8) is 0 Å². The van der Waals surface area contributed by atoms with Crippen molar-refractivity contribution in [1.82, 2.24) is 5.43 Å². The first-order valence-corrected chi connectivity index (χ1v) is 8.53. The summed E-state index contributed by atoms with van der Waals surface area (Å²) in [6.45, 7) is 12.2. The topological polar surface area (TPSA) is 47.3 Å². The molecule has 0 aromatic carbocycles. The first-order chi connectivity index (χ1) is 9.43. The summed E-state index contributed by atoms with van der Waals surface area (Å²) >= 11 is 0. The molecule has 0 aliphatic heterocycles. The smallest absolute Gasteiger partial charge is 0.0848 e. The van der Waals surface area contributed by atoms with Gasteiger partial charge in [-0.3, -0.25) is 11.3 Å². The van der Waals surface area contributed by atoms with E-state index >= 15 is 0 Å². The molecule has 0 radical (unpaired) electrons. The fraction of sp³-hybridized carbons (Fsp3) is 1.00. The van der Waals surface area contributed by atoms with E-state index in [9.17, 15) is 0 Å². The second kappa shape index (κ2) is 7.77. The molecule has 0 spiro atoms. The van der Waals surface area contributed by atoms with Crippen LogP contribution in [-0.4, -0.2) is 18.2 Å². The van der Waals surface area contributed by atoms with Gasteiger partial charge in [-0.05, 0) is 50.4 Å². The molecule has 0 bridgehead atoms. The van der Waals surface area contributed by atoms with Gasteiger partial charge in [0.2, 0.25) is 0 Å². The van der Waals surface area contributed by atoms with Crippen LogP contribution in [0.2, 0.25) is 0 Å². The molecule has 1 rings (SSSR count). The molecule has 3 nitrogen and oxygen atoms in total. The Hall–Kier alpha value is -0.120. The van der Waals surface area contributed by atoms with Gasteiger partial charge in [0.05, 0.1) is 11.6 Å². The lowest BCUT2D eigenvalue weighted by Gasteiger charge is -2.48. The quantitative estimate of drug-likeness (QED) is 0.523. The summed E-state index contributed by atoms with van der Waals surface area (Å²) in [6, 6.07) is 0.281. The number of ether oxygens (including phenoxy) is 1. The molecular formula is C17H36N2O. The molecule has 1 fully saturated rings. The molecule has 0 saturated heterocycles. The predicted octanol–water partition coefficient (Wildman–Crippen LogP) is 4.02. The van der Waals surface area contributed by atoms with E-state index in [4.69, 9.17) is 10.6 Å². The van der Waals surface area contributed by atoms with Crippen molar-refractivity contribution in [2.75, 3.05) is 6.61 Å². The largest absolute Gasteiger partial charge is 0.374 e. The Morgan fingerprint density at radius 1 is 1.05 bits per heavy atom. The highest BCUT2D eigenvalue weighted by molar-refractivity contribution is 4.98. The third-order valence-electron chi connectivity index (χ3n) is 5.44. The van der Waals surface area contributed by atoms with Crippen LogP contribution in [0.1, 0.15) is 79.6 Å². The maximum absolute atomic E-state index is 6.26. The Bertz CT molecular complexity index is 264. The molecule has 1 aliphatic carbocycles. The van der Waals surface area contributed by atoms with Gasteiger partial charge in [0.15, 0.2) is 0 Å². The summed E-state index contributed by atoms with van der Waals surface area (Å²) in [5, 5.41) is 0. The van der Waals surface area contributed by atoms with E-state index in [1.165, 1.54) is 25.7 Å². The maximum atomic E-state index is 6.26. The number of nitrogens with two attached hydrogens (primary N) is 1. The van der Waals surface area contributed by atoms with Crippen LogP contribution in [0.15, 0.2) is 0 Å². The first-order valence-electron chi connectivity index (χ1n) is 8.53. The molecule has 3 heteroatoms. The minimum Gasteiger partial charge on any atom is -0.374 e. The summed E-state index contributed by atoms with van der Waals surface area (Å²) in [5.74, 6) is 6.65. The lowest BCUT2D eigenvalue weighted by molar-refractivity contribution is -0.110. The van der Waals surface area contributed by atoms with Crippen molar-refractivity contribution in [2.45, 2.75) is 91.2 Å². The highest BCUT2D eigenvalue weighted by Crippen LogP contribution is 2.44. The van der Waals surface area contributed by atoms with E-state index in [-0.39, 0.29) is 11.6 Å². The lowest BCUT2D eigenvalue weighted by Crippen LogP contribution is -2.57. The fourth-order valence-corrected chi connectivity index (χ4v) is 3.62. The van der Waals surface area contributed by atoms with Crippen LogP contribution < -0.4 is 11.3 Å². The Morgan fingerprint density at radius 2 is 1.60 bits per heavy atom. The zero-order valence-corrected chi connectivity index (χ0v) is 14.3. The molecule has 1 atom stereocenters. The molecule has 120 valence electrons. The lowest BCUT2D eigenvalue weighted by atomic mass is 9.67. The zero-order chi connectivity index (χ0) is 15.2. The van der Waals surface area contributed by atoms with E-state index in [1.807, 2.05) is 0 Å². The van der Waals surface area contributed by atoms with E-state index in [0.717, 1.165) is 31.8 Å².